The van der Waals surface area contributed by atoms with Gasteiger partial charge < -0.3 is 24.2 Å². The van der Waals surface area contributed by atoms with Gasteiger partial charge in [0.2, 0.25) is 5.89 Å². The Hall–Kier alpha value is -3.62. The zero-order valence-electron chi connectivity index (χ0n) is 17.1. The van der Waals surface area contributed by atoms with E-state index >= 15 is 0 Å². The van der Waals surface area contributed by atoms with E-state index in [0.29, 0.717) is 48.5 Å². The molecular formula is C22H21FN4O4. The second kappa shape index (κ2) is 7.57. The fourth-order valence-corrected chi connectivity index (χ4v) is 4.00. The molecule has 1 aromatic heterocycles. The number of carbonyl (C=O) groups excluding carboxylic acids is 1. The molecule has 0 saturated carbocycles. The fraction of sp³-hybridized carbons (Fsp3) is 0.318. The van der Waals surface area contributed by atoms with E-state index in [2.05, 4.69) is 20.4 Å². The van der Waals surface area contributed by atoms with Crippen LogP contribution in [0.1, 0.15) is 22.8 Å². The van der Waals surface area contributed by atoms with Crippen molar-refractivity contribution >= 4 is 17.3 Å². The number of hydrogen-bond donors (Lipinski definition) is 1. The molecule has 9 heteroatoms. The number of fused-ring (bicyclic) bond motifs is 2. The van der Waals surface area contributed by atoms with E-state index in [1.54, 1.807) is 13.0 Å². The quantitative estimate of drug-likeness (QED) is 0.688. The molecule has 160 valence electrons. The maximum atomic E-state index is 13.8. The van der Waals surface area contributed by atoms with Crippen LogP contribution in [0, 0.1) is 19.7 Å². The number of nitrogens with zero attached hydrogens (tertiary/aromatic N) is 3. The van der Waals surface area contributed by atoms with Crippen LogP contribution in [0.3, 0.4) is 0 Å². The Morgan fingerprint density at radius 2 is 2.06 bits per heavy atom. The third-order valence-electron chi connectivity index (χ3n) is 5.59. The summed E-state index contributed by atoms with van der Waals surface area (Å²) in [5.74, 6) is 1.71. The number of benzene rings is 2. The number of aromatic nitrogens is 2. The van der Waals surface area contributed by atoms with Crippen molar-refractivity contribution in [2.24, 2.45) is 0 Å². The van der Waals surface area contributed by atoms with Crippen LogP contribution >= 0.6 is 0 Å². The summed E-state index contributed by atoms with van der Waals surface area (Å²) >= 11 is 0. The molecule has 2 aromatic carbocycles. The molecule has 3 aromatic rings. The summed E-state index contributed by atoms with van der Waals surface area (Å²) in [6.45, 7) is 4.61. The van der Waals surface area contributed by atoms with Crippen molar-refractivity contribution in [3.05, 3.63) is 59.0 Å². The summed E-state index contributed by atoms with van der Waals surface area (Å²) in [6, 6.07) is 8.27. The lowest BCUT2D eigenvalue weighted by molar-refractivity contribution is -0.118. The maximum Gasteiger partial charge on any atom is 0.262 e. The molecule has 2 aliphatic heterocycles. The molecule has 0 radical (unpaired) electrons. The summed E-state index contributed by atoms with van der Waals surface area (Å²) in [4.78, 5) is 18.3. The molecule has 1 unspecified atom stereocenters. The van der Waals surface area contributed by atoms with E-state index in [0.717, 1.165) is 16.8 Å². The summed E-state index contributed by atoms with van der Waals surface area (Å²) in [6.07, 6.45) is 0.488. The standard InChI is InChI=1S/C22H21FN4O4/c1-12-14(3-6-18-22(12)25-20(28)11-30-18)9-27-16(8-21-24-13(2)26-31-21)10-29-19-7-15(23)4-5-17(19)27/h3-7,16H,8-11H2,1-2H3,(H,25,28). The van der Waals surface area contributed by atoms with Crippen molar-refractivity contribution in [1.82, 2.24) is 10.1 Å². The lowest BCUT2D eigenvalue weighted by atomic mass is 10.0. The van der Waals surface area contributed by atoms with Crippen molar-refractivity contribution in [1.29, 1.82) is 0 Å². The van der Waals surface area contributed by atoms with Gasteiger partial charge in [-0.1, -0.05) is 11.2 Å². The first-order valence-corrected chi connectivity index (χ1v) is 10.0. The summed E-state index contributed by atoms with van der Waals surface area (Å²) in [5, 5.41) is 6.76. The molecule has 1 atom stereocenters. The molecule has 2 aliphatic rings. The molecule has 8 nitrogen and oxygen atoms in total. The van der Waals surface area contributed by atoms with E-state index in [1.807, 2.05) is 19.1 Å². The summed E-state index contributed by atoms with van der Waals surface area (Å²) in [7, 11) is 0. The SMILES string of the molecule is Cc1noc(CC2COc3cc(F)ccc3N2Cc2ccc3c(c2C)NC(=O)CO3)n1. The van der Waals surface area contributed by atoms with Crippen LogP contribution in [0.15, 0.2) is 34.9 Å². The average molecular weight is 424 g/mol. The summed E-state index contributed by atoms with van der Waals surface area (Å²) in [5.41, 5.74) is 3.40. The second-order valence-electron chi connectivity index (χ2n) is 7.70. The number of carbonyl (C=O) groups is 1. The van der Waals surface area contributed by atoms with Crippen molar-refractivity contribution < 1.29 is 23.2 Å². The number of rotatable bonds is 4. The highest BCUT2D eigenvalue weighted by molar-refractivity contribution is 5.96. The van der Waals surface area contributed by atoms with E-state index in [1.165, 1.54) is 12.1 Å². The second-order valence-corrected chi connectivity index (χ2v) is 7.70. The lowest BCUT2D eigenvalue weighted by Crippen LogP contribution is -2.44. The highest BCUT2D eigenvalue weighted by atomic mass is 19.1. The van der Waals surface area contributed by atoms with Gasteiger partial charge in [0.15, 0.2) is 12.4 Å². The smallest absolute Gasteiger partial charge is 0.262 e. The van der Waals surface area contributed by atoms with Crippen LogP contribution in [-0.2, 0) is 17.8 Å². The number of nitrogens with one attached hydrogen (secondary N) is 1. The molecule has 1 amide bonds. The van der Waals surface area contributed by atoms with Crippen LogP contribution in [0.2, 0.25) is 0 Å². The molecule has 0 spiro atoms. The van der Waals surface area contributed by atoms with Gasteiger partial charge in [-0.15, -0.1) is 0 Å². The highest BCUT2D eigenvalue weighted by Gasteiger charge is 2.31. The topological polar surface area (TPSA) is 89.7 Å². The minimum absolute atomic E-state index is 0.0138. The van der Waals surface area contributed by atoms with Gasteiger partial charge in [-0.25, -0.2) is 4.39 Å². The number of amides is 1. The van der Waals surface area contributed by atoms with Crippen molar-refractivity contribution in [3.63, 3.8) is 0 Å². The Morgan fingerprint density at radius 1 is 1.19 bits per heavy atom. The fourth-order valence-electron chi connectivity index (χ4n) is 4.00. The zero-order valence-corrected chi connectivity index (χ0v) is 17.1. The van der Waals surface area contributed by atoms with Gasteiger partial charge in [-0.3, -0.25) is 4.79 Å². The van der Waals surface area contributed by atoms with Crippen LogP contribution in [0.5, 0.6) is 11.5 Å². The number of hydrogen-bond acceptors (Lipinski definition) is 7. The molecule has 0 bridgehead atoms. The van der Waals surface area contributed by atoms with Crippen LogP contribution in [0.4, 0.5) is 15.8 Å². The molecule has 5 rings (SSSR count). The molecule has 0 saturated heterocycles. The predicted molar refractivity (Wildman–Crippen MR) is 110 cm³/mol. The van der Waals surface area contributed by atoms with Crippen molar-refractivity contribution in [2.75, 3.05) is 23.4 Å². The molecule has 31 heavy (non-hydrogen) atoms. The Morgan fingerprint density at radius 3 is 2.87 bits per heavy atom. The largest absolute Gasteiger partial charge is 0.489 e. The van der Waals surface area contributed by atoms with Gasteiger partial charge in [-0.05, 0) is 43.2 Å². The zero-order chi connectivity index (χ0) is 21.5. The molecule has 3 heterocycles. The van der Waals surface area contributed by atoms with E-state index in [-0.39, 0.29) is 24.4 Å². The van der Waals surface area contributed by atoms with E-state index in [4.69, 9.17) is 14.0 Å². The molecule has 0 fully saturated rings. The predicted octanol–water partition coefficient (Wildman–Crippen LogP) is 3.17. The van der Waals surface area contributed by atoms with Gasteiger partial charge in [-0.2, -0.15) is 4.98 Å². The van der Waals surface area contributed by atoms with Crippen LogP contribution in [0.25, 0.3) is 0 Å². The van der Waals surface area contributed by atoms with Crippen molar-refractivity contribution in [3.8, 4) is 11.5 Å². The third kappa shape index (κ3) is 3.67. The minimum atomic E-state index is -0.352. The monoisotopic (exact) mass is 424 g/mol. The summed E-state index contributed by atoms with van der Waals surface area (Å²) < 4.78 is 30.5. The maximum absolute atomic E-state index is 13.8. The Balaban J connectivity index is 1.50. The number of ether oxygens (including phenoxy) is 2. The number of aryl methyl sites for hydroxylation is 1. The molecular weight excluding hydrogens is 403 g/mol. The van der Waals surface area contributed by atoms with E-state index < -0.39 is 0 Å². The van der Waals surface area contributed by atoms with Crippen molar-refractivity contribution in [2.45, 2.75) is 32.9 Å². The Labute approximate surface area is 178 Å². The van der Waals surface area contributed by atoms with Gasteiger partial charge in [0.1, 0.15) is 23.9 Å². The first kappa shape index (κ1) is 19.3. The number of anilines is 2. The van der Waals surface area contributed by atoms with Crippen LogP contribution < -0.4 is 19.7 Å². The molecule has 1 N–H and O–H groups in total. The minimum Gasteiger partial charge on any atom is -0.489 e. The first-order chi connectivity index (χ1) is 15.0. The van der Waals surface area contributed by atoms with Gasteiger partial charge in [0.25, 0.3) is 5.91 Å². The number of halogens is 1. The third-order valence-corrected chi connectivity index (χ3v) is 5.59. The Bertz CT molecular complexity index is 1160. The first-order valence-electron chi connectivity index (χ1n) is 10.0. The van der Waals surface area contributed by atoms with E-state index in [9.17, 15) is 9.18 Å². The molecule has 0 aliphatic carbocycles. The van der Waals surface area contributed by atoms with Gasteiger partial charge in [0, 0.05) is 12.6 Å². The lowest BCUT2D eigenvalue weighted by Gasteiger charge is -2.38. The van der Waals surface area contributed by atoms with Gasteiger partial charge >= 0.3 is 0 Å². The Kier molecular flexibility index (Phi) is 4.72. The van der Waals surface area contributed by atoms with Crippen LogP contribution in [-0.4, -0.2) is 35.3 Å². The normalized spacial score (nSPS) is 17.3. The van der Waals surface area contributed by atoms with Gasteiger partial charge in [0.05, 0.1) is 23.8 Å². The average Bonchev–Trinajstić information content (AvgIpc) is 3.16. The highest BCUT2D eigenvalue weighted by Crippen LogP contribution is 2.39.